The van der Waals surface area contributed by atoms with E-state index in [9.17, 15) is 4.79 Å². The fourth-order valence-electron chi connectivity index (χ4n) is 1.03. The predicted molar refractivity (Wildman–Crippen MR) is 62.8 cm³/mol. The van der Waals surface area contributed by atoms with E-state index in [-0.39, 0.29) is 11.4 Å². The fourth-order valence-corrected chi connectivity index (χ4v) is 1.03. The molecule has 90 valence electrons. The summed E-state index contributed by atoms with van der Waals surface area (Å²) in [5.74, 6) is -0.0755. The van der Waals surface area contributed by atoms with Crippen LogP contribution >= 0.6 is 0 Å². The van der Waals surface area contributed by atoms with Gasteiger partial charge in [-0.2, -0.15) is 0 Å². The Morgan fingerprint density at radius 2 is 1.93 bits per heavy atom. The van der Waals surface area contributed by atoms with Gasteiger partial charge in [0.25, 0.3) is 0 Å². The van der Waals surface area contributed by atoms with Crippen LogP contribution in [0.1, 0.15) is 47.0 Å². The van der Waals surface area contributed by atoms with Crippen LogP contribution in [0.15, 0.2) is 0 Å². The van der Waals surface area contributed by atoms with E-state index < -0.39 is 0 Å². The van der Waals surface area contributed by atoms with Crippen LogP contribution in [0.2, 0.25) is 0 Å². The molecule has 3 nitrogen and oxygen atoms in total. The topological polar surface area (TPSA) is 38.3 Å². The average molecular weight is 215 g/mol. The third-order valence-electron chi connectivity index (χ3n) is 2.67. The van der Waals surface area contributed by atoms with Crippen molar-refractivity contribution in [3.8, 4) is 0 Å². The van der Waals surface area contributed by atoms with Gasteiger partial charge in [0.1, 0.15) is 0 Å². The Hall–Kier alpha value is -0.570. The summed E-state index contributed by atoms with van der Waals surface area (Å²) in [4.78, 5) is 11.5. The average Bonchev–Trinajstić information content (AvgIpc) is 2.22. The van der Waals surface area contributed by atoms with Crippen molar-refractivity contribution in [1.29, 1.82) is 0 Å². The van der Waals surface area contributed by atoms with Gasteiger partial charge in [0, 0.05) is 0 Å². The van der Waals surface area contributed by atoms with E-state index in [4.69, 9.17) is 4.74 Å². The molecule has 0 saturated carbocycles. The summed E-state index contributed by atoms with van der Waals surface area (Å²) < 4.78 is 5.21. The number of hydrogen-bond donors (Lipinski definition) is 1. The van der Waals surface area contributed by atoms with E-state index in [0.29, 0.717) is 6.61 Å². The van der Waals surface area contributed by atoms with Crippen LogP contribution < -0.4 is 5.32 Å². The maximum absolute atomic E-state index is 11.5. The lowest BCUT2D eigenvalue weighted by atomic mass is 9.91. The van der Waals surface area contributed by atoms with Gasteiger partial charge in [-0.05, 0) is 46.2 Å². The van der Waals surface area contributed by atoms with Crippen LogP contribution in [0.5, 0.6) is 0 Å². The highest BCUT2D eigenvalue weighted by Crippen LogP contribution is 2.21. The molecular weight excluding hydrogens is 190 g/mol. The minimum Gasteiger partial charge on any atom is -0.465 e. The molecule has 0 spiro atoms. The highest BCUT2D eigenvalue weighted by Gasteiger charge is 2.26. The first-order valence-electron chi connectivity index (χ1n) is 5.92. The van der Waals surface area contributed by atoms with Gasteiger partial charge < -0.3 is 10.1 Å². The molecule has 0 atom stereocenters. The molecule has 1 N–H and O–H groups in total. The molecule has 0 fully saturated rings. The largest absolute Gasteiger partial charge is 0.465 e. The van der Waals surface area contributed by atoms with Crippen LogP contribution in [0, 0.1) is 5.41 Å². The summed E-state index contributed by atoms with van der Waals surface area (Å²) >= 11 is 0. The van der Waals surface area contributed by atoms with Crippen LogP contribution in [0.4, 0.5) is 0 Å². The predicted octanol–water partition coefficient (Wildman–Crippen LogP) is 2.36. The van der Waals surface area contributed by atoms with Crippen molar-refractivity contribution in [1.82, 2.24) is 5.32 Å². The Balaban J connectivity index is 3.47. The molecule has 0 bridgehead atoms. The summed E-state index contributed by atoms with van der Waals surface area (Å²) in [6.07, 6.45) is 2.83. The fraction of sp³-hybridized carbons (Fsp3) is 0.917. The summed E-state index contributed by atoms with van der Waals surface area (Å²) in [5.41, 5.74) is -0.332. The smallest absolute Gasteiger partial charge is 0.311 e. The van der Waals surface area contributed by atoms with Crippen molar-refractivity contribution < 1.29 is 9.53 Å². The lowest BCUT2D eigenvalue weighted by Gasteiger charge is -2.20. The monoisotopic (exact) mass is 215 g/mol. The van der Waals surface area contributed by atoms with Crippen LogP contribution in [0.3, 0.4) is 0 Å². The number of esters is 1. The first-order valence-corrected chi connectivity index (χ1v) is 5.92. The van der Waals surface area contributed by atoms with Gasteiger partial charge in [-0.3, -0.25) is 4.79 Å². The summed E-state index contributed by atoms with van der Waals surface area (Å²) in [6.45, 7) is 10.5. The third-order valence-corrected chi connectivity index (χ3v) is 2.67. The molecule has 0 heterocycles. The normalized spacial score (nSPS) is 11.5. The molecule has 0 rings (SSSR count). The first-order chi connectivity index (χ1) is 7.04. The molecular formula is C12H25NO2. The molecule has 0 aliphatic carbocycles. The quantitative estimate of drug-likeness (QED) is 0.499. The van der Waals surface area contributed by atoms with Crippen LogP contribution in [0.25, 0.3) is 0 Å². The molecule has 3 heteroatoms. The van der Waals surface area contributed by atoms with Crippen molar-refractivity contribution in [2.45, 2.75) is 47.0 Å². The molecule has 0 radical (unpaired) electrons. The first kappa shape index (κ1) is 14.4. The SMILES string of the molecule is CCNCCCCOC(=O)C(C)(C)CC. The lowest BCUT2D eigenvalue weighted by Crippen LogP contribution is -2.26. The molecule has 15 heavy (non-hydrogen) atoms. The highest BCUT2D eigenvalue weighted by molar-refractivity contribution is 5.75. The number of rotatable bonds is 8. The summed E-state index contributed by atoms with van der Waals surface area (Å²) in [5, 5.41) is 3.24. The van der Waals surface area contributed by atoms with E-state index >= 15 is 0 Å². The number of ether oxygens (including phenoxy) is 1. The lowest BCUT2D eigenvalue weighted by molar-refractivity contribution is -0.154. The van der Waals surface area contributed by atoms with Gasteiger partial charge in [-0.1, -0.05) is 13.8 Å². The number of unbranched alkanes of at least 4 members (excludes halogenated alkanes) is 1. The molecule has 0 aromatic carbocycles. The Labute approximate surface area is 93.6 Å². The Kier molecular flexibility index (Phi) is 7.39. The third kappa shape index (κ3) is 6.50. The van der Waals surface area contributed by atoms with Gasteiger partial charge in [0.2, 0.25) is 0 Å². The van der Waals surface area contributed by atoms with Crippen molar-refractivity contribution in [2.24, 2.45) is 5.41 Å². The molecule has 0 amide bonds. The molecule has 0 saturated heterocycles. The standard InChI is InChI=1S/C12H25NO2/c1-5-12(3,4)11(14)15-10-8-7-9-13-6-2/h13H,5-10H2,1-4H3. The zero-order valence-electron chi connectivity index (χ0n) is 10.6. The molecule has 0 aliphatic heterocycles. The number of carbonyl (C=O) groups excluding carboxylic acids is 1. The zero-order valence-corrected chi connectivity index (χ0v) is 10.6. The molecule has 0 aromatic rings. The molecule has 0 aliphatic rings. The number of hydrogen-bond acceptors (Lipinski definition) is 3. The van der Waals surface area contributed by atoms with Crippen molar-refractivity contribution in [3.05, 3.63) is 0 Å². The maximum atomic E-state index is 11.5. The second-order valence-electron chi connectivity index (χ2n) is 4.43. The minimum absolute atomic E-state index is 0.0755. The van der Waals surface area contributed by atoms with Gasteiger partial charge >= 0.3 is 5.97 Å². The van der Waals surface area contributed by atoms with Crippen molar-refractivity contribution >= 4 is 5.97 Å². The van der Waals surface area contributed by atoms with E-state index in [1.54, 1.807) is 0 Å². The van der Waals surface area contributed by atoms with Gasteiger partial charge in [-0.25, -0.2) is 0 Å². The molecule has 0 aromatic heterocycles. The zero-order chi connectivity index (χ0) is 11.7. The van der Waals surface area contributed by atoms with Gasteiger partial charge in [-0.15, -0.1) is 0 Å². The maximum Gasteiger partial charge on any atom is 0.311 e. The van der Waals surface area contributed by atoms with Gasteiger partial charge in [0.15, 0.2) is 0 Å². The van der Waals surface area contributed by atoms with Gasteiger partial charge in [0.05, 0.1) is 12.0 Å². The van der Waals surface area contributed by atoms with E-state index in [2.05, 4.69) is 12.2 Å². The van der Waals surface area contributed by atoms with E-state index in [1.165, 1.54) is 0 Å². The Morgan fingerprint density at radius 1 is 1.27 bits per heavy atom. The molecule has 0 unspecified atom stereocenters. The Bertz CT molecular complexity index is 178. The second-order valence-corrected chi connectivity index (χ2v) is 4.43. The summed E-state index contributed by atoms with van der Waals surface area (Å²) in [7, 11) is 0. The second kappa shape index (κ2) is 7.69. The van der Waals surface area contributed by atoms with E-state index in [1.807, 2.05) is 20.8 Å². The number of nitrogens with one attached hydrogen (secondary N) is 1. The number of carbonyl (C=O) groups is 1. The van der Waals surface area contributed by atoms with E-state index in [0.717, 1.165) is 32.4 Å². The summed E-state index contributed by atoms with van der Waals surface area (Å²) in [6, 6.07) is 0. The highest BCUT2D eigenvalue weighted by atomic mass is 16.5. The van der Waals surface area contributed by atoms with Crippen molar-refractivity contribution in [2.75, 3.05) is 19.7 Å². The van der Waals surface area contributed by atoms with Crippen LogP contribution in [-0.2, 0) is 9.53 Å². The minimum atomic E-state index is -0.332. The van der Waals surface area contributed by atoms with Crippen molar-refractivity contribution in [3.63, 3.8) is 0 Å². The Morgan fingerprint density at radius 3 is 2.47 bits per heavy atom. The van der Waals surface area contributed by atoms with Crippen LogP contribution in [-0.4, -0.2) is 25.7 Å².